The van der Waals surface area contributed by atoms with Gasteiger partial charge in [-0.15, -0.1) is 0 Å². The van der Waals surface area contributed by atoms with E-state index in [2.05, 4.69) is 202 Å². The van der Waals surface area contributed by atoms with Crippen LogP contribution in [0.3, 0.4) is 0 Å². The Bertz CT molecular complexity index is 3120. The Hall–Kier alpha value is -6.84. The van der Waals surface area contributed by atoms with Crippen LogP contribution in [0.4, 0.5) is 0 Å². The Morgan fingerprint density at radius 2 is 0.725 bits per heavy atom. The molecule has 3 aromatic heterocycles. The zero-order chi connectivity index (χ0) is 33.5. The molecule has 0 aliphatic rings. The summed E-state index contributed by atoms with van der Waals surface area (Å²) in [6.07, 6.45) is 0. The van der Waals surface area contributed by atoms with E-state index >= 15 is 0 Å². The van der Waals surface area contributed by atoms with E-state index < -0.39 is 0 Å². The van der Waals surface area contributed by atoms with Crippen molar-refractivity contribution in [1.82, 2.24) is 13.7 Å². The molecule has 11 aromatic rings. The van der Waals surface area contributed by atoms with Crippen LogP contribution in [0.1, 0.15) is 0 Å². The van der Waals surface area contributed by atoms with Crippen LogP contribution < -0.4 is 0 Å². The lowest BCUT2D eigenvalue weighted by atomic mass is 10.1. The second kappa shape index (κ2) is 10.8. The van der Waals surface area contributed by atoms with Gasteiger partial charge < -0.3 is 13.7 Å². The van der Waals surface area contributed by atoms with Crippen LogP contribution in [-0.2, 0) is 0 Å². The fraction of sp³-hybridized carbons (Fsp3) is 0. The van der Waals surface area contributed by atoms with Crippen molar-refractivity contribution in [3.8, 4) is 28.2 Å². The van der Waals surface area contributed by atoms with Gasteiger partial charge in [0.15, 0.2) is 0 Å². The maximum Gasteiger partial charge on any atom is 0.0782 e. The lowest BCUT2D eigenvalue weighted by molar-refractivity contribution is 1.13. The summed E-state index contributed by atoms with van der Waals surface area (Å²) < 4.78 is 7.37. The van der Waals surface area contributed by atoms with Crippen molar-refractivity contribution in [3.63, 3.8) is 0 Å². The number of hydrogen-bond donors (Lipinski definition) is 0. The maximum absolute atomic E-state index is 2.49. The van der Waals surface area contributed by atoms with Gasteiger partial charge in [0.05, 0.1) is 38.8 Å². The van der Waals surface area contributed by atoms with E-state index in [4.69, 9.17) is 0 Å². The fourth-order valence-electron chi connectivity index (χ4n) is 8.45. The molecule has 3 nitrogen and oxygen atoms in total. The average Bonchev–Trinajstić information content (AvgIpc) is 3.83. The van der Waals surface area contributed by atoms with E-state index in [0.717, 1.165) is 17.1 Å². The van der Waals surface area contributed by atoms with Crippen molar-refractivity contribution in [1.29, 1.82) is 0 Å². The summed E-state index contributed by atoms with van der Waals surface area (Å²) in [4.78, 5) is 0. The fourth-order valence-corrected chi connectivity index (χ4v) is 8.45. The summed E-state index contributed by atoms with van der Waals surface area (Å²) in [6.45, 7) is 0. The molecule has 0 atom stereocenters. The number of fused-ring (bicyclic) bond motifs is 9. The topological polar surface area (TPSA) is 14.8 Å². The number of rotatable bonds is 4. The van der Waals surface area contributed by atoms with Gasteiger partial charge in [-0.25, -0.2) is 0 Å². The molecule has 0 N–H and O–H groups in total. The Labute approximate surface area is 294 Å². The van der Waals surface area contributed by atoms with Crippen LogP contribution in [0.5, 0.6) is 0 Å². The van der Waals surface area contributed by atoms with Gasteiger partial charge >= 0.3 is 0 Å². The van der Waals surface area contributed by atoms with E-state index in [-0.39, 0.29) is 0 Å². The van der Waals surface area contributed by atoms with Crippen LogP contribution in [0.25, 0.3) is 93.6 Å². The standard InChI is InChI=1S/C48H31N3/c1-3-15-32(16-4-1)33-17-13-20-35(29-33)49-42-25-10-8-22-37(42)40-31-47-41(30-46(40)49)38-23-9-12-27-44(38)51(47)45-28-14-24-39-36-21-7-11-26-43(36)50(48(39)45)34-18-5-2-6-19-34/h1-31H. The number of hydrogen-bond acceptors (Lipinski definition) is 0. The van der Waals surface area contributed by atoms with E-state index in [1.807, 2.05) is 0 Å². The third-order valence-electron chi connectivity index (χ3n) is 10.6. The number of benzene rings is 8. The van der Waals surface area contributed by atoms with Gasteiger partial charge in [-0.2, -0.15) is 0 Å². The van der Waals surface area contributed by atoms with E-state index in [1.165, 1.54) is 76.5 Å². The lowest BCUT2D eigenvalue weighted by Crippen LogP contribution is -2.00. The first-order valence-electron chi connectivity index (χ1n) is 17.5. The molecular weight excluding hydrogens is 619 g/mol. The Balaban J connectivity index is 1.26. The van der Waals surface area contributed by atoms with Gasteiger partial charge in [0.25, 0.3) is 0 Å². The largest absolute Gasteiger partial charge is 0.309 e. The van der Waals surface area contributed by atoms with Gasteiger partial charge in [0.2, 0.25) is 0 Å². The molecule has 0 saturated carbocycles. The predicted octanol–water partition coefficient (Wildman–Crippen LogP) is 12.6. The summed E-state index contributed by atoms with van der Waals surface area (Å²) >= 11 is 0. The molecule has 8 aromatic carbocycles. The SMILES string of the molecule is c1ccc(-c2cccc(-n3c4ccccc4c4cc5c(cc43)c3ccccc3n5-c3cccc4c5ccccc5n(-c5ccccc5)c34)c2)cc1. The van der Waals surface area contributed by atoms with E-state index in [9.17, 15) is 0 Å². The van der Waals surface area contributed by atoms with Crippen molar-refractivity contribution >= 4 is 65.4 Å². The molecule has 238 valence electrons. The molecule has 0 spiro atoms. The molecule has 0 unspecified atom stereocenters. The van der Waals surface area contributed by atoms with Gasteiger partial charge in [0.1, 0.15) is 0 Å². The van der Waals surface area contributed by atoms with E-state index in [0.29, 0.717) is 0 Å². The van der Waals surface area contributed by atoms with Crippen LogP contribution in [-0.4, -0.2) is 13.7 Å². The number of nitrogens with zero attached hydrogens (tertiary/aromatic N) is 3. The van der Waals surface area contributed by atoms with Crippen molar-refractivity contribution in [3.05, 3.63) is 188 Å². The Kier molecular flexibility index (Phi) is 5.96. The first kappa shape index (κ1) is 28.0. The quantitative estimate of drug-likeness (QED) is 0.180. The highest BCUT2D eigenvalue weighted by atomic mass is 15.1. The third kappa shape index (κ3) is 4.06. The van der Waals surface area contributed by atoms with Crippen molar-refractivity contribution in [2.24, 2.45) is 0 Å². The maximum atomic E-state index is 2.49. The molecule has 0 bridgehead atoms. The Morgan fingerprint density at radius 1 is 0.255 bits per heavy atom. The van der Waals surface area contributed by atoms with Crippen LogP contribution in [0.15, 0.2) is 188 Å². The molecule has 0 aliphatic heterocycles. The highest BCUT2D eigenvalue weighted by Gasteiger charge is 2.22. The smallest absolute Gasteiger partial charge is 0.0782 e. The van der Waals surface area contributed by atoms with Crippen LogP contribution in [0.2, 0.25) is 0 Å². The molecule has 3 heterocycles. The van der Waals surface area contributed by atoms with Gasteiger partial charge in [-0.05, 0) is 71.8 Å². The minimum atomic E-state index is 1.15. The minimum absolute atomic E-state index is 1.15. The summed E-state index contributed by atoms with van der Waals surface area (Å²) in [6, 6.07) is 68.4. The molecule has 0 amide bonds. The first-order chi connectivity index (χ1) is 25.3. The highest BCUT2D eigenvalue weighted by molar-refractivity contribution is 6.20. The Morgan fingerprint density at radius 3 is 1.41 bits per heavy atom. The molecule has 0 saturated heterocycles. The molecule has 11 rings (SSSR count). The minimum Gasteiger partial charge on any atom is -0.309 e. The summed E-state index contributed by atoms with van der Waals surface area (Å²) in [5, 5.41) is 7.45. The molecule has 51 heavy (non-hydrogen) atoms. The summed E-state index contributed by atoms with van der Waals surface area (Å²) in [7, 11) is 0. The first-order valence-corrected chi connectivity index (χ1v) is 17.5. The predicted molar refractivity (Wildman–Crippen MR) is 215 cm³/mol. The second-order valence-corrected chi connectivity index (χ2v) is 13.4. The zero-order valence-electron chi connectivity index (χ0n) is 27.7. The van der Waals surface area contributed by atoms with Crippen LogP contribution >= 0.6 is 0 Å². The number of aromatic nitrogens is 3. The van der Waals surface area contributed by atoms with Crippen molar-refractivity contribution in [2.45, 2.75) is 0 Å². The molecule has 0 aliphatic carbocycles. The van der Waals surface area contributed by atoms with Crippen LogP contribution in [0, 0.1) is 0 Å². The van der Waals surface area contributed by atoms with Gasteiger partial charge in [0, 0.05) is 43.7 Å². The average molecular weight is 650 g/mol. The highest BCUT2D eigenvalue weighted by Crippen LogP contribution is 2.42. The van der Waals surface area contributed by atoms with Crippen molar-refractivity contribution < 1.29 is 0 Å². The van der Waals surface area contributed by atoms with Crippen molar-refractivity contribution in [2.75, 3.05) is 0 Å². The zero-order valence-corrected chi connectivity index (χ0v) is 27.7. The molecule has 0 radical (unpaired) electrons. The lowest BCUT2D eigenvalue weighted by Gasteiger charge is -2.14. The third-order valence-corrected chi connectivity index (χ3v) is 10.6. The molecule has 3 heteroatoms. The normalized spacial score (nSPS) is 11.9. The van der Waals surface area contributed by atoms with E-state index in [1.54, 1.807) is 0 Å². The monoisotopic (exact) mass is 649 g/mol. The second-order valence-electron chi connectivity index (χ2n) is 13.4. The van der Waals surface area contributed by atoms with Gasteiger partial charge in [-0.1, -0.05) is 127 Å². The summed E-state index contributed by atoms with van der Waals surface area (Å²) in [5.74, 6) is 0. The molecule has 0 fully saturated rings. The molecular formula is C48H31N3. The number of para-hydroxylation sites is 5. The summed E-state index contributed by atoms with van der Waals surface area (Å²) in [5.41, 5.74) is 13.1. The van der Waals surface area contributed by atoms with Gasteiger partial charge in [-0.3, -0.25) is 0 Å².